The Morgan fingerprint density at radius 1 is 1.00 bits per heavy atom. The number of rotatable bonds is 12. The number of unbranched alkanes of at least 4 members (excludes halogenated alkanes) is 6. The molecule has 0 aliphatic heterocycles. The maximum absolute atomic E-state index is 11.8. The zero-order valence-corrected chi connectivity index (χ0v) is 14.0. The van der Waals surface area contributed by atoms with Crippen LogP contribution >= 0.6 is 0 Å². The monoisotopic (exact) mass is 320 g/mol. The Morgan fingerprint density at radius 3 is 2.22 bits per heavy atom. The van der Waals surface area contributed by atoms with E-state index in [0.717, 1.165) is 24.8 Å². The topological polar surface area (TPSA) is 63.6 Å². The maximum atomic E-state index is 11.8. The highest BCUT2D eigenvalue weighted by Gasteiger charge is 2.22. The second-order valence-electron chi connectivity index (χ2n) is 5.88. The smallest absolute Gasteiger partial charge is 0.345 e. The minimum absolute atomic E-state index is 0.207. The van der Waals surface area contributed by atoms with E-state index >= 15 is 0 Å². The molecule has 0 saturated carbocycles. The summed E-state index contributed by atoms with van der Waals surface area (Å²) in [5, 5.41) is 9.20. The summed E-state index contributed by atoms with van der Waals surface area (Å²) in [5.41, 5.74) is 0.851. The molecule has 128 valence electrons. The van der Waals surface area contributed by atoms with Crippen LogP contribution in [0.4, 0.5) is 0 Å². The molecule has 0 aliphatic rings. The van der Waals surface area contributed by atoms with Crippen LogP contribution in [0, 0.1) is 0 Å². The molecule has 0 saturated heterocycles. The molecule has 1 N–H and O–H groups in total. The Hall–Kier alpha value is -1.84. The van der Waals surface area contributed by atoms with Crippen molar-refractivity contribution in [3.05, 3.63) is 35.9 Å². The van der Waals surface area contributed by atoms with Crippen LogP contribution in [0.5, 0.6) is 0 Å². The van der Waals surface area contributed by atoms with E-state index in [1.807, 2.05) is 30.3 Å². The fourth-order valence-corrected chi connectivity index (χ4v) is 2.45. The summed E-state index contributed by atoms with van der Waals surface area (Å²) >= 11 is 0. The van der Waals surface area contributed by atoms with E-state index < -0.39 is 18.0 Å². The lowest BCUT2D eigenvalue weighted by Crippen LogP contribution is -2.29. The van der Waals surface area contributed by atoms with E-state index in [2.05, 4.69) is 6.92 Å². The van der Waals surface area contributed by atoms with Gasteiger partial charge < -0.3 is 9.84 Å². The van der Waals surface area contributed by atoms with E-state index in [9.17, 15) is 14.7 Å². The number of hydrogen-bond donors (Lipinski definition) is 1. The SMILES string of the molecule is CCCCCCCCCC(=O)OC(Cc1ccccc1)C(=O)O. The predicted octanol–water partition coefficient (Wildman–Crippen LogP) is 4.37. The van der Waals surface area contributed by atoms with Crippen molar-refractivity contribution in [3.8, 4) is 0 Å². The van der Waals surface area contributed by atoms with Crippen molar-refractivity contribution in [1.29, 1.82) is 0 Å². The Kier molecular flexibility index (Phi) is 9.76. The Morgan fingerprint density at radius 2 is 1.61 bits per heavy atom. The molecule has 1 atom stereocenters. The number of ether oxygens (including phenoxy) is 1. The first-order chi connectivity index (χ1) is 11.1. The summed E-state index contributed by atoms with van der Waals surface area (Å²) in [7, 11) is 0. The van der Waals surface area contributed by atoms with Gasteiger partial charge in [-0.1, -0.05) is 75.8 Å². The number of benzene rings is 1. The third-order valence-electron chi connectivity index (χ3n) is 3.80. The third-order valence-corrected chi connectivity index (χ3v) is 3.80. The van der Waals surface area contributed by atoms with Gasteiger partial charge in [-0.25, -0.2) is 4.79 Å². The second-order valence-corrected chi connectivity index (χ2v) is 5.88. The molecule has 1 unspecified atom stereocenters. The summed E-state index contributed by atoms with van der Waals surface area (Å²) < 4.78 is 5.12. The molecule has 1 aromatic carbocycles. The zero-order chi connectivity index (χ0) is 16.9. The first-order valence-electron chi connectivity index (χ1n) is 8.59. The van der Waals surface area contributed by atoms with E-state index in [4.69, 9.17) is 4.74 Å². The zero-order valence-electron chi connectivity index (χ0n) is 14.0. The minimum Gasteiger partial charge on any atom is -0.478 e. The molecule has 4 heteroatoms. The van der Waals surface area contributed by atoms with Gasteiger partial charge >= 0.3 is 11.9 Å². The number of carbonyl (C=O) groups is 2. The molecule has 0 aromatic heterocycles. The summed E-state index contributed by atoms with van der Waals surface area (Å²) in [6.07, 6.45) is 7.23. The highest BCUT2D eigenvalue weighted by molar-refractivity contribution is 5.78. The lowest BCUT2D eigenvalue weighted by atomic mass is 10.1. The molecule has 0 fully saturated rings. The molecule has 1 aromatic rings. The van der Waals surface area contributed by atoms with Crippen molar-refractivity contribution in [2.45, 2.75) is 70.8 Å². The van der Waals surface area contributed by atoms with Gasteiger partial charge in [0.05, 0.1) is 0 Å². The van der Waals surface area contributed by atoms with Gasteiger partial charge in [-0.05, 0) is 12.0 Å². The van der Waals surface area contributed by atoms with Gasteiger partial charge in [0.1, 0.15) is 0 Å². The standard InChI is InChI=1S/C19H28O4/c1-2-3-4-5-6-7-11-14-18(20)23-17(19(21)22)15-16-12-9-8-10-13-16/h8-10,12-13,17H,2-7,11,14-15H2,1H3,(H,21,22). The number of hydrogen-bond acceptors (Lipinski definition) is 3. The maximum Gasteiger partial charge on any atom is 0.345 e. The molecule has 4 nitrogen and oxygen atoms in total. The van der Waals surface area contributed by atoms with Gasteiger partial charge in [-0.3, -0.25) is 4.79 Å². The minimum atomic E-state index is -1.10. The van der Waals surface area contributed by atoms with Gasteiger partial charge in [0.15, 0.2) is 0 Å². The first kappa shape index (κ1) is 19.2. The van der Waals surface area contributed by atoms with E-state index in [-0.39, 0.29) is 6.42 Å². The number of esters is 1. The first-order valence-corrected chi connectivity index (χ1v) is 8.59. The van der Waals surface area contributed by atoms with Crippen LogP contribution in [0.15, 0.2) is 30.3 Å². The van der Waals surface area contributed by atoms with Crippen LogP contribution in [0.25, 0.3) is 0 Å². The average molecular weight is 320 g/mol. The van der Waals surface area contributed by atoms with Crippen molar-refractivity contribution in [2.24, 2.45) is 0 Å². The number of aliphatic carboxylic acids is 1. The fourth-order valence-electron chi connectivity index (χ4n) is 2.45. The molecule has 0 aliphatic carbocycles. The van der Waals surface area contributed by atoms with Gasteiger partial charge in [-0.2, -0.15) is 0 Å². The van der Waals surface area contributed by atoms with E-state index in [1.165, 1.54) is 25.7 Å². The predicted molar refractivity (Wildman–Crippen MR) is 90.3 cm³/mol. The second kappa shape index (κ2) is 11.7. The largest absolute Gasteiger partial charge is 0.478 e. The lowest BCUT2D eigenvalue weighted by molar-refractivity contribution is -0.164. The average Bonchev–Trinajstić information content (AvgIpc) is 2.54. The highest BCUT2D eigenvalue weighted by Crippen LogP contribution is 2.11. The van der Waals surface area contributed by atoms with Crippen molar-refractivity contribution in [2.75, 3.05) is 0 Å². The molecule has 23 heavy (non-hydrogen) atoms. The molecule has 1 rings (SSSR count). The summed E-state index contributed by atoms with van der Waals surface area (Å²) in [5.74, 6) is -1.51. The van der Waals surface area contributed by atoms with Crippen molar-refractivity contribution in [3.63, 3.8) is 0 Å². The molecule has 0 heterocycles. The van der Waals surface area contributed by atoms with Crippen LogP contribution < -0.4 is 0 Å². The molecule has 0 spiro atoms. The van der Waals surface area contributed by atoms with Crippen molar-refractivity contribution >= 4 is 11.9 Å². The van der Waals surface area contributed by atoms with Crippen LogP contribution in [-0.4, -0.2) is 23.1 Å². The Balaban J connectivity index is 2.25. The van der Waals surface area contributed by atoms with Crippen LogP contribution in [-0.2, 0) is 20.7 Å². The summed E-state index contributed by atoms with van der Waals surface area (Å²) in [6, 6.07) is 9.22. The Labute approximate surface area is 138 Å². The molecule has 0 radical (unpaired) electrons. The molecular formula is C19H28O4. The normalized spacial score (nSPS) is 11.9. The van der Waals surface area contributed by atoms with Crippen LogP contribution in [0.1, 0.15) is 63.9 Å². The lowest BCUT2D eigenvalue weighted by Gasteiger charge is -2.14. The highest BCUT2D eigenvalue weighted by atomic mass is 16.6. The summed E-state index contributed by atoms with van der Waals surface area (Å²) in [6.45, 7) is 2.18. The van der Waals surface area contributed by atoms with Crippen LogP contribution in [0.3, 0.4) is 0 Å². The number of carboxylic acid groups (broad SMARTS) is 1. The molecular weight excluding hydrogens is 292 g/mol. The van der Waals surface area contributed by atoms with E-state index in [1.54, 1.807) is 0 Å². The quantitative estimate of drug-likeness (QED) is 0.459. The molecule has 0 amide bonds. The van der Waals surface area contributed by atoms with Crippen molar-refractivity contribution < 1.29 is 19.4 Å². The Bertz CT molecular complexity index is 456. The molecule has 0 bridgehead atoms. The third kappa shape index (κ3) is 9.01. The number of carboxylic acids is 1. The van der Waals surface area contributed by atoms with Gasteiger partial charge in [0.2, 0.25) is 6.10 Å². The van der Waals surface area contributed by atoms with Gasteiger partial charge in [0.25, 0.3) is 0 Å². The van der Waals surface area contributed by atoms with Crippen LogP contribution in [0.2, 0.25) is 0 Å². The van der Waals surface area contributed by atoms with Gasteiger partial charge in [-0.15, -0.1) is 0 Å². The van der Waals surface area contributed by atoms with E-state index in [0.29, 0.717) is 6.42 Å². The van der Waals surface area contributed by atoms with Crippen molar-refractivity contribution in [1.82, 2.24) is 0 Å². The number of carbonyl (C=O) groups excluding carboxylic acids is 1. The summed E-state index contributed by atoms with van der Waals surface area (Å²) in [4.78, 5) is 23.0. The van der Waals surface area contributed by atoms with Gasteiger partial charge in [0, 0.05) is 12.8 Å². The fraction of sp³-hybridized carbons (Fsp3) is 0.579.